The highest BCUT2D eigenvalue weighted by Gasteiger charge is 2.25. The summed E-state index contributed by atoms with van der Waals surface area (Å²) in [5.74, 6) is -0.00631. The number of anilines is 1. The number of nitrogens with one attached hydrogen (secondary N) is 2. The van der Waals surface area contributed by atoms with Gasteiger partial charge in [0.05, 0.1) is 11.4 Å². The lowest BCUT2D eigenvalue weighted by atomic mass is 10.1. The summed E-state index contributed by atoms with van der Waals surface area (Å²) in [6, 6.07) is 14.7. The van der Waals surface area contributed by atoms with Crippen LogP contribution in [0.1, 0.15) is 28.8 Å². The standard InChI is InChI=1S/C20H21N3O3S/c24-20(22-14-16-13-21-19-6-2-1-5-18(16)19)15-7-9-17(10-8-15)23-11-3-4-12-27(23,25)26/h1-2,5-10,13,21H,3-4,11-12,14H2,(H,22,24). The van der Waals surface area contributed by atoms with Crippen LogP contribution >= 0.6 is 0 Å². The Labute approximate surface area is 158 Å². The second kappa shape index (κ2) is 7.08. The van der Waals surface area contributed by atoms with E-state index in [0.29, 0.717) is 30.8 Å². The lowest BCUT2D eigenvalue weighted by Crippen LogP contribution is -2.37. The molecule has 7 heteroatoms. The molecule has 2 aromatic carbocycles. The van der Waals surface area contributed by atoms with E-state index in [0.717, 1.165) is 22.9 Å². The molecule has 0 atom stereocenters. The lowest BCUT2D eigenvalue weighted by Gasteiger charge is -2.28. The van der Waals surface area contributed by atoms with Gasteiger partial charge in [0.2, 0.25) is 10.0 Å². The molecule has 1 fully saturated rings. The number of aromatic amines is 1. The van der Waals surface area contributed by atoms with Gasteiger partial charge in [0.15, 0.2) is 0 Å². The van der Waals surface area contributed by atoms with Crippen molar-refractivity contribution in [3.8, 4) is 0 Å². The van der Waals surface area contributed by atoms with E-state index in [1.54, 1.807) is 24.3 Å². The van der Waals surface area contributed by atoms with Crippen LogP contribution in [0.15, 0.2) is 54.7 Å². The summed E-state index contributed by atoms with van der Waals surface area (Å²) in [5, 5.41) is 4.00. The van der Waals surface area contributed by atoms with Gasteiger partial charge < -0.3 is 10.3 Å². The number of nitrogens with zero attached hydrogens (tertiary/aromatic N) is 1. The average Bonchev–Trinajstić information content (AvgIpc) is 3.09. The van der Waals surface area contributed by atoms with E-state index < -0.39 is 10.0 Å². The average molecular weight is 383 g/mol. The zero-order chi connectivity index (χ0) is 18.9. The maximum atomic E-state index is 12.4. The van der Waals surface area contributed by atoms with Crippen LogP contribution in [0, 0.1) is 0 Å². The van der Waals surface area contributed by atoms with Crippen molar-refractivity contribution in [3.63, 3.8) is 0 Å². The smallest absolute Gasteiger partial charge is 0.251 e. The molecule has 1 saturated heterocycles. The van der Waals surface area contributed by atoms with Crippen molar-refractivity contribution in [2.45, 2.75) is 19.4 Å². The summed E-state index contributed by atoms with van der Waals surface area (Å²) in [7, 11) is -3.24. The van der Waals surface area contributed by atoms with Gasteiger partial charge in [0.25, 0.3) is 5.91 Å². The van der Waals surface area contributed by atoms with Crippen LogP contribution in [0.2, 0.25) is 0 Å². The van der Waals surface area contributed by atoms with E-state index in [1.807, 2.05) is 30.5 Å². The molecule has 6 nitrogen and oxygen atoms in total. The fourth-order valence-corrected chi connectivity index (χ4v) is 5.05. The molecular weight excluding hydrogens is 362 g/mol. The molecule has 4 rings (SSSR count). The monoisotopic (exact) mass is 383 g/mol. The van der Waals surface area contributed by atoms with Crippen LogP contribution in [0.4, 0.5) is 5.69 Å². The summed E-state index contributed by atoms with van der Waals surface area (Å²) in [6.45, 7) is 0.916. The number of fused-ring (bicyclic) bond motifs is 1. The second-order valence-corrected chi connectivity index (χ2v) is 8.70. The number of rotatable bonds is 4. The van der Waals surface area contributed by atoms with Crippen LogP contribution in [0.5, 0.6) is 0 Å². The van der Waals surface area contributed by atoms with E-state index >= 15 is 0 Å². The van der Waals surface area contributed by atoms with Crippen molar-refractivity contribution in [1.82, 2.24) is 10.3 Å². The first kappa shape index (κ1) is 17.6. The molecule has 2 N–H and O–H groups in total. The van der Waals surface area contributed by atoms with Gasteiger partial charge in [-0.05, 0) is 48.7 Å². The van der Waals surface area contributed by atoms with Crippen LogP contribution in [0.25, 0.3) is 10.9 Å². The summed E-state index contributed by atoms with van der Waals surface area (Å²) < 4.78 is 25.8. The van der Waals surface area contributed by atoms with Crippen molar-refractivity contribution in [2.24, 2.45) is 0 Å². The Balaban J connectivity index is 1.45. The largest absolute Gasteiger partial charge is 0.361 e. The molecule has 0 aliphatic carbocycles. The topological polar surface area (TPSA) is 82.3 Å². The Morgan fingerprint density at radius 2 is 1.85 bits per heavy atom. The first-order valence-electron chi connectivity index (χ1n) is 8.98. The van der Waals surface area contributed by atoms with Crippen LogP contribution in [-0.2, 0) is 16.6 Å². The Morgan fingerprint density at radius 3 is 2.63 bits per heavy atom. The zero-order valence-corrected chi connectivity index (χ0v) is 15.6. The number of hydrogen-bond donors (Lipinski definition) is 2. The van der Waals surface area contributed by atoms with Gasteiger partial charge in [-0.15, -0.1) is 0 Å². The second-order valence-electron chi connectivity index (χ2n) is 6.68. The lowest BCUT2D eigenvalue weighted by molar-refractivity contribution is 0.0951. The molecule has 1 aliphatic rings. The molecular formula is C20H21N3O3S. The number of hydrogen-bond acceptors (Lipinski definition) is 3. The maximum absolute atomic E-state index is 12.4. The van der Waals surface area contributed by atoms with Gasteiger partial charge in [0, 0.05) is 35.8 Å². The summed E-state index contributed by atoms with van der Waals surface area (Å²) in [4.78, 5) is 15.6. The molecule has 2 heterocycles. The quantitative estimate of drug-likeness (QED) is 0.726. The highest BCUT2D eigenvalue weighted by molar-refractivity contribution is 7.92. The van der Waals surface area contributed by atoms with Crippen LogP contribution in [-0.4, -0.2) is 31.6 Å². The Bertz CT molecular complexity index is 1070. The molecule has 3 aromatic rings. The minimum Gasteiger partial charge on any atom is -0.361 e. The van der Waals surface area contributed by atoms with Gasteiger partial charge >= 0.3 is 0 Å². The van der Waals surface area contributed by atoms with Gasteiger partial charge in [-0.3, -0.25) is 9.10 Å². The predicted molar refractivity (Wildman–Crippen MR) is 106 cm³/mol. The zero-order valence-electron chi connectivity index (χ0n) is 14.8. The first-order chi connectivity index (χ1) is 13.0. The highest BCUT2D eigenvalue weighted by atomic mass is 32.2. The van der Waals surface area contributed by atoms with E-state index in [1.165, 1.54) is 4.31 Å². The number of aromatic nitrogens is 1. The summed E-state index contributed by atoms with van der Waals surface area (Å²) in [6.07, 6.45) is 3.45. The van der Waals surface area contributed by atoms with Gasteiger partial charge in [-0.25, -0.2) is 8.42 Å². The van der Waals surface area contributed by atoms with Crippen LogP contribution < -0.4 is 9.62 Å². The highest BCUT2D eigenvalue weighted by Crippen LogP contribution is 2.24. The van der Waals surface area contributed by atoms with Crippen molar-refractivity contribution in [3.05, 3.63) is 65.9 Å². The van der Waals surface area contributed by atoms with Gasteiger partial charge in [0.1, 0.15) is 0 Å². The fraction of sp³-hybridized carbons (Fsp3) is 0.250. The Kier molecular flexibility index (Phi) is 4.61. The third-order valence-corrected chi connectivity index (χ3v) is 6.75. The minimum absolute atomic E-state index is 0.180. The number of benzene rings is 2. The number of para-hydroxylation sites is 1. The Hall–Kier alpha value is -2.80. The number of amides is 1. The molecule has 1 aromatic heterocycles. The SMILES string of the molecule is O=C(NCc1c[nH]c2ccccc12)c1ccc(N2CCCCS2(=O)=O)cc1. The first-order valence-corrected chi connectivity index (χ1v) is 10.6. The third kappa shape index (κ3) is 3.55. The molecule has 1 aliphatic heterocycles. The van der Waals surface area contributed by atoms with Gasteiger partial charge in [-0.2, -0.15) is 0 Å². The van der Waals surface area contributed by atoms with Crippen molar-refractivity contribution in [2.75, 3.05) is 16.6 Å². The summed E-state index contributed by atoms with van der Waals surface area (Å²) in [5.41, 5.74) is 3.18. The third-order valence-electron chi connectivity index (χ3n) is 4.88. The van der Waals surface area contributed by atoms with E-state index in [9.17, 15) is 13.2 Å². The van der Waals surface area contributed by atoms with E-state index in [2.05, 4.69) is 10.3 Å². The number of carbonyl (C=O) groups is 1. The Morgan fingerprint density at radius 1 is 1.07 bits per heavy atom. The number of H-pyrrole nitrogens is 1. The van der Waals surface area contributed by atoms with E-state index in [4.69, 9.17) is 0 Å². The molecule has 0 bridgehead atoms. The van der Waals surface area contributed by atoms with Crippen molar-refractivity contribution in [1.29, 1.82) is 0 Å². The van der Waals surface area contributed by atoms with Gasteiger partial charge in [-0.1, -0.05) is 18.2 Å². The molecule has 1 amide bonds. The molecule has 140 valence electrons. The molecule has 0 saturated carbocycles. The number of carbonyl (C=O) groups excluding carboxylic acids is 1. The van der Waals surface area contributed by atoms with Crippen molar-refractivity contribution < 1.29 is 13.2 Å². The minimum atomic E-state index is -3.24. The normalized spacial score (nSPS) is 16.4. The maximum Gasteiger partial charge on any atom is 0.251 e. The molecule has 0 spiro atoms. The van der Waals surface area contributed by atoms with Crippen molar-refractivity contribution >= 4 is 32.5 Å². The predicted octanol–water partition coefficient (Wildman–Crippen LogP) is 3.03. The molecule has 0 radical (unpaired) electrons. The van der Waals surface area contributed by atoms with E-state index in [-0.39, 0.29) is 11.7 Å². The fourth-order valence-electron chi connectivity index (χ4n) is 3.41. The summed E-state index contributed by atoms with van der Waals surface area (Å²) >= 11 is 0. The van der Waals surface area contributed by atoms with Crippen LogP contribution in [0.3, 0.4) is 0 Å². The molecule has 27 heavy (non-hydrogen) atoms. The number of sulfonamides is 1. The molecule has 0 unspecified atom stereocenters.